The lowest BCUT2D eigenvalue weighted by Crippen LogP contribution is -1.94. The molecule has 2 aromatic rings. The first-order chi connectivity index (χ1) is 9.51. The number of nitriles is 1. The first-order valence-corrected chi connectivity index (χ1v) is 5.95. The van der Waals surface area contributed by atoms with Crippen LogP contribution in [0.5, 0.6) is 11.5 Å². The number of rotatable bonds is 3. The lowest BCUT2D eigenvalue weighted by atomic mass is 10.1. The average Bonchev–Trinajstić information content (AvgIpc) is 2.41. The van der Waals surface area contributed by atoms with E-state index in [0.717, 1.165) is 11.1 Å². The molecule has 0 bridgehead atoms. The molecular weight excluding hydrogens is 256 g/mol. The van der Waals surface area contributed by atoms with Gasteiger partial charge in [-0.15, -0.1) is 0 Å². The van der Waals surface area contributed by atoms with Crippen molar-refractivity contribution < 1.29 is 9.66 Å². The summed E-state index contributed by atoms with van der Waals surface area (Å²) in [6, 6.07) is 11.7. The monoisotopic (exact) mass is 268 g/mol. The van der Waals surface area contributed by atoms with Gasteiger partial charge < -0.3 is 4.74 Å². The Bertz CT molecular complexity index is 718. The summed E-state index contributed by atoms with van der Waals surface area (Å²) in [6.45, 7) is 3.90. The van der Waals surface area contributed by atoms with E-state index in [2.05, 4.69) is 0 Å². The number of ether oxygens (including phenoxy) is 1. The van der Waals surface area contributed by atoms with E-state index in [0.29, 0.717) is 11.5 Å². The van der Waals surface area contributed by atoms with Crippen LogP contribution in [0.15, 0.2) is 36.4 Å². The topological polar surface area (TPSA) is 76.2 Å². The molecule has 5 heteroatoms. The van der Waals surface area contributed by atoms with E-state index < -0.39 is 4.92 Å². The van der Waals surface area contributed by atoms with Crippen molar-refractivity contribution in [2.45, 2.75) is 13.8 Å². The molecule has 2 aromatic carbocycles. The highest BCUT2D eigenvalue weighted by Crippen LogP contribution is 2.29. The molecule has 5 nitrogen and oxygen atoms in total. The van der Waals surface area contributed by atoms with Gasteiger partial charge in [0.15, 0.2) is 0 Å². The minimum Gasteiger partial charge on any atom is -0.457 e. The van der Waals surface area contributed by atoms with E-state index in [4.69, 9.17) is 10.00 Å². The second kappa shape index (κ2) is 5.41. The van der Waals surface area contributed by atoms with E-state index in [1.165, 1.54) is 18.2 Å². The summed E-state index contributed by atoms with van der Waals surface area (Å²) >= 11 is 0. The third-order valence-corrected chi connectivity index (χ3v) is 2.84. The van der Waals surface area contributed by atoms with Crippen LogP contribution in [0.25, 0.3) is 0 Å². The van der Waals surface area contributed by atoms with Gasteiger partial charge in [0.1, 0.15) is 23.1 Å². The molecule has 0 fully saturated rings. The standard InChI is InChI=1S/C15H12N2O3/c1-10-3-6-15(11(2)7-10)20-13-4-5-14(17(18)19)12(8-13)9-16/h3-8H,1-2H3. The molecule has 0 spiro atoms. The van der Waals surface area contributed by atoms with Crippen LogP contribution in [0.1, 0.15) is 16.7 Å². The van der Waals surface area contributed by atoms with Gasteiger partial charge in [-0.25, -0.2) is 0 Å². The minimum absolute atomic E-state index is 0.0164. The van der Waals surface area contributed by atoms with E-state index in [9.17, 15) is 10.1 Å². The number of nitro benzene ring substituents is 1. The highest BCUT2D eigenvalue weighted by Gasteiger charge is 2.14. The molecule has 0 aromatic heterocycles. The molecular formula is C15H12N2O3. The zero-order valence-electron chi connectivity index (χ0n) is 11.1. The van der Waals surface area contributed by atoms with Crippen molar-refractivity contribution in [3.8, 4) is 17.6 Å². The summed E-state index contributed by atoms with van der Waals surface area (Å²) in [7, 11) is 0. The van der Waals surface area contributed by atoms with Crippen LogP contribution in [0.4, 0.5) is 5.69 Å². The van der Waals surface area contributed by atoms with Gasteiger partial charge in [0.25, 0.3) is 5.69 Å². The number of nitrogens with zero attached hydrogens (tertiary/aromatic N) is 2. The molecule has 0 heterocycles. The maximum absolute atomic E-state index is 10.8. The van der Waals surface area contributed by atoms with Crippen molar-refractivity contribution in [3.05, 3.63) is 63.2 Å². The Kier molecular flexibility index (Phi) is 3.67. The molecule has 0 N–H and O–H groups in total. The molecule has 2 rings (SSSR count). The van der Waals surface area contributed by atoms with Crippen LogP contribution >= 0.6 is 0 Å². The lowest BCUT2D eigenvalue weighted by Gasteiger charge is -2.09. The van der Waals surface area contributed by atoms with Crippen LogP contribution in [0, 0.1) is 35.3 Å². The predicted octanol–water partition coefficient (Wildman–Crippen LogP) is 3.88. The molecule has 0 saturated heterocycles. The van der Waals surface area contributed by atoms with Gasteiger partial charge in [-0.2, -0.15) is 5.26 Å². The number of hydrogen-bond acceptors (Lipinski definition) is 4. The highest BCUT2D eigenvalue weighted by molar-refractivity contribution is 5.53. The van der Waals surface area contributed by atoms with Crippen molar-refractivity contribution in [1.29, 1.82) is 5.26 Å². The fourth-order valence-electron chi connectivity index (χ4n) is 1.87. The van der Waals surface area contributed by atoms with Crippen LogP contribution < -0.4 is 4.74 Å². The van der Waals surface area contributed by atoms with E-state index >= 15 is 0 Å². The van der Waals surface area contributed by atoms with Gasteiger partial charge in [0.2, 0.25) is 0 Å². The second-order valence-corrected chi connectivity index (χ2v) is 4.42. The SMILES string of the molecule is Cc1ccc(Oc2ccc([N+](=O)[O-])c(C#N)c2)c(C)c1. The first-order valence-electron chi connectivity index (χ1n) is 5.95. The molecule has 0 radical (unpaired) electrons. The Morgan fingerprint density at radius 1 is 1.20 bits per heavy atom. The van der Waals surface area contributed by atoms with Crippen molar-refractivity contribution in [2.75, 3.05) is 0 Å². The Balaban J connectivity index is 2.35. The zero-order valence-corrected chi connectivity index (χ0v) is 11.1. The summed E-state index contributed by atoms with van der Waals surface area (Å²) in [5.74, 6) is 1.06. The number of aryl methyl sites for hydroxylation is 2. The molecule has 100 valence electrons. The maximum atomic E-state index is 10.8. The zero-order chi connectivity index (χ0) is 14.7. The third-order valence-electron chi connectivity index (χ3n) is 2.84. The van der Waals surface area contributed by atoms with Crippen LogP contribution in [0.3, 0.4) is 0 Å². The fraction of sp³-hybridized carbons (Fsp3) is 0.133. The molecule has 0 aliphatic heterocycles. The molecule has 0 saturated carbocycles. The predicted molar refractivity (Wildman–Crippen MR) is 73.8 cm³/mol. The summed E-state index contributed by atoms with van der Waals surface area (Å²) in [6.07, 6.45) is 0. The largest absolute Gasteiger partial charge is 0.457 e. The second-order valence-electron chi connectivity index (χ2n) is 4.42. The first kappa shape index (κ1) is 13.6. The van der Waals surface area contributed by atoms with Gasteiger partial charge in [-0.1, -0.05) is 17.7 Å². The number of benzene rings is 2. The Morgan fingerprint density at radius 3 is 2.55 bits per heavy atom. The summed E-state index contributed by atoms with van der Waals surface area (Å²) in [5.41, 5.74) is 1.84. The highest BCUT2D eigenvalue weighted by atomic mass is 16.6. The third kappa shape index (κ3) is 2.75. The quantitative estimate of drug-likeness (QED) is 0.625. The smallest absolute Gasteiger partial charge is 0.287 e. The lowest BCUT2D eigenvalue weighted by molar-refractivity contribution is -0.385. The van der Waals surface area contributed by atoms with Gasteiger partial charge in [0.05, 0.1) is 4.92 Å². The molecule has 20 heavy (non-hydrogen) atoms. The summed E-state index contributed by atoms with van der Waals surface area (Å²) in [5, 5.41) is 19.7. The molecule has 0 unspecified atom stereocenters. The average molecular weight is 268 g/mol. The van der Waals surface area contributed by atoms with Crippen molar-refractivity contribution in [1.82, 2.24) is 0 Å². The van der Waals surface area contributed by atoms with Crippen LogP contribution in [-0.2, 0) is 0 Å². The van der Waals surface area contributed by atoms with Crippen molar-refractivity contribution in [3.63, 3.8) is 0 Å². The normalized spacial score (nSPS) is 9.85. The van der Waals surface area contributed by atoms with Gasteiger partial charge in [-0.05, 0) is 31.5 Å². The Hall–Kier alpha value is -2.87. The van der Waals surface area contributed by atoms with Gasteiger partial charge in [0, 0.05) is 12.1 Å². The molecule has 0 aliphatic carbocycles. The summed E-state index contributed by atoms with van der Waals surface area (Å²) < 4.78 is 5.67. The van der Waals surface area contributed by atoms with Crippen molar-refractivity contribution in [2.24, 2.45) is 0 Å². The fourth-order valence-corrected chi connectivity index (χ4v) is 1.87. The Labute approximate surface area is 116 Å². The Morgan fingerprint density at radius 2 is 1.95 bits per heavy atom. The van der Waals surface area contributed by atoms with Gasteiger partial charge >= 0.3 is 0 Å². The molecule has 0 amide bonds. The van der Waals surface area contributed by atoms with E-state index in [-0.39, 0.29) is 11.3 Å². The maximum Gasteiger partial charge on any atom is 0.287 e. The minimum atomic E-state index is -0.584. The summed E-state index contributed by atoms with van der Waals surface area (Å²) in [4.78, 5) is 10.2. The number of hydrogen-bond donors (Lipinski definition) is 0. The van der Waals surface area contributed by atoms with Gasteiger partial charge in [-0.3, -0.25) is 10.1 Å². The van der Waals surface area contributed by atoms with E-state index in [1.807, 2.05) is 32.0 Å². The van der Waals surface area contributed by atoms with Crippen molar-refractivity contribution >= 4 is 5.69 Å². The van der Waals surface area contributed by atoms with Crippen LogP contribution in [-0.4, -0.2) is 4.92 Å². The number of nitro groups is 1. The van der Waals surface area contributed by atoms with E-state index in [1.54, 1.807) is 6.07 Å². The van der Waals surface area contributed by atoms with Crippen LogP contribution in [0.2, 0.25) is 0 Å². The molecule has 0 atom stereocenters. The molecule has 0 aliphatic rings.